The average Bonchev–Trinajstić information content (AvgIpc) is 3.17. The molecule has 2 nitrogen and oxygen atoms in total. The van der Waals surface area contributed by atoms with Crippen molar-refractivity contribution in [3.8, 4) is 0 Å². The van der Waals surface area contributed by atoms with E-state index in [0.29, 0.717) is 0 Å². The number of hydrogen-bond acceptors (Lipinski definition) is 1. The van der Waals surface area contributed by atoms with Gasteiger partial charge in [-0.1, -0.05) is 48.5 Å². The highest BCUT2D eigenvalue weighted by Crippen LogP contribution is 2.50. The predicted molar refractivity (Wildman–Crippen MR) is 94.7 cm³/mol. The highest BCUT2D eigenvalue weighted by molar-refractivity contribution is 5.86. The van der Waals surface area contributed by atoms with E-state index in [1.807, 2.05) is 0 Å². The molecule has 2 aromatic carbocycles. The summed E-state index contributed by atoms with van der Waals surface area (Å²) in [5, 5.41) is 1.45. The normalized spacial score (nSPS) is 22.9. The van der Waals surface area contributed by atoms with Crippen LogP contribution in [0.25, 0.3) is 10.9 Å². The second kappa shape index (κ2) is 5.65. The van der Waals surface area contributed by atoms with Gasteiger partial charge in [0.1, 0.15) is 0 Å². The molecule has 2 aliphatic heterocycles. The Morgan fingerprint density at radius 2 is 1.67 bits per heavy atom. The lowest BCUT2D eigenvalue weighted by Gasteiger charge is -2.44. The molecule has 0 spiro atoms. The van der Waals surface area contributed by atoms with Gasteiger partial charge in [-0.3, -0.25) is 4.90 Å². The number of fused-ring (bicyclic) bond motifs is 5. The van der Waals surface area contributed by atoms with E-state index < -0.39 is 0 Å². The van der Waals surface area contributed by atoms with Gasteiger partial charge in [-0.2, -0.15) is 0 Å². The molecule has 2 aliphatic rings. The highest BCUT2D eigenvalue weighted by atomic mass is 35.5. The molecule has 0 amide bonds. The third kappa shape index (κ3) is 1.87. The van der Waals surface area contributed by atoms with E-state index in [4.69, 9.17) is 0 Å². The minimum Gasteiger partial charge on any atom is -1.00 e. The second-order valence-corrected chi connectivity index (χ2v) is 6.97. The summed E-state index contributed by atoms with van der Waals surface area (Å²) in [7, 11) is 2.26. The Morgan fingerprint density at radius 3 is 2.50 bits per heavy atom. The molecule has 0 radical (unpaired) electrons. The molecular formula is C21H22ClN2-. The second-order valence-electron chi connectivity index (χ2n) is 6.97. The Hall–Kier alpha value is -1.77. The van der Waals surface area contributed by atoms with Crippen LogP contribution in [-0.2, 0) is 19.0 Å². The van der Waals surface area contributed by atoms with Crippen molar-refractivity contribution in [2.24, 2.45) is 7.05 Å². The van der Waals surface area contributed by atoms with Crippen molar-refractivity contribution >= 4 is 10.9 Å². The molecule has 0 N–H and O–H groups in total. The summed E-state index contributed by atoms with van der Waals surface area (Å²) in [5.74, 6) is 0. The summed E-state index contributed by atoms with van der Waals surface area (Å²) in [6, 6.07) is 20.1. The van der Waals surface area contributed by atoms with Crippen molar-refractivity contribution in [3.63, 3.8) is 0 Å². The summed E-state index contributed by atoms with van der Waals surface area (Å²) < 4.78 is 2.47. The Labute approximate surface area is 149 Å². The lowest BCUT2D eigenvalue weighted by atomic mass is 9.79. The van der Waals surface area contributed by atoms with Crippen molar-refractivity contribution in [2.75, 3.05) is 13.1 Å². The predicted octanol–water partition coefficient (Wildman–Crippen LogP) is 1.08. The van der Waals surface area contributed by atoms with Gasteiger partial charge in [0.05, 0.1) is 5.54 Å². The summed E-state index contributed by atoms with van der Waals surface area (Å²) in [5.41, 5.74) is 6.02. The standard InChI is InChI=1S/C21H22N2.ClH/c1-22-19-11-6-5-10-17(19)18-12-15-23-14-7-13-21(23,20(18)22)16-8-3-2-4-9-16;/h2-6,8-11H,7,12-15H2,1H3;1H/p-1/t21-;/m0./s1. The third-order valence-electron chi connectivity index (χ3n) is 5.99. The Bertz CT molecular complexity index is 883. The van der Waals surface area contributed by atoms with E-state index in [-0.39, 0.29) is 17.9 Å². The monoisotopic (exact) mass is 337 g/mol. The van der Waals surface area contributed by atoms with E-state index in [1.54, 1.807) is 5.56 Å². The number of halogens is 1. The molecule has 0 saturated carbocycles. The van der Waals surface area contributed by atoms with Crippen LogP contribution >= 0.6 is 0 Å². The van der Waals surface area contributed by atoms with Gasteiger partial charge in [0.15, 0.2) is 0 Å². The van der Waals surface area contributed by atoms with Crippen molar-refractivity contribution in [2.45, 2.75) is 24.8 Å². The first kappa shape index (κ1) is 15.7. The molecule has 1 saturated heterocycles. The van der Waals surface area contributed by atoms with Gasteiger partial charge < -0.3 is 17.0 Å². The van der Waals surface area contributed by atoms with E-state index in [2.05, 4.69) is 71.1 Å². The van der Waals surface area contributed by atoms with Gasteiger partial charge in [0.2, 0.25) is 0 Å². The molecule has 1 fully saturated rings. The van der Waals surface area contributed by atoms with Crippen LogP contribution in [-0.4, -0.2) is 22.6 Å². The average molecular weight is 338 g/mol. The summed E-state index contributed by atoms with van der Waals surface area (Å²) >= 11 is 0. The lowest BCUT2D eigenvalue weighted by Crippen LogP contribution is -3.00. The maximum atomic E-state index is 2.73. The zero-order valence-corrected chi connectivity index (χ0v) is 14.8. The van der Waals surface area contributed by atoms with Gasteiger partial charge in [-0.25, -0.2) is 0 Å². The first-order chi connectivity index (χ1) is 11.3. The van der Waals surface area contributed by atoms with Crippen LogP contribution in [0.3, 0.4) is 0 Å². The molecule has 3 aromatic rings. The molecular weight excluding hydrogens is 316 g/mol. The van der Waals surface area contributed by atoms with Gasteiger partial charge in [0.25, 0.3) is 0 Å². The maximum absolute atomic E-state index is 2.73. The van der Waals surface area contributed by atoms with Crippen molar-refractivity contribution < 1.29 is 12.4 Å². The number of para-hydroxylation sites is 1. The number of nitrogens with zero attached hydrogens (tertiary/aromatic N) is 2. The fourth-order valence-electron chi connectivity index (χ4n) is 5.12. The van der Waals surface area contributed by atoms with Crippen LogP contribution in [0, 0.1) is 0 Å². The fraction of sp³-hybridized carbons (Fsp3) is 0.333. The number of hydrogen-bond donors (Lipinski definition) is 0. The van der Waals surface area contributed by atoms with E-state index in [9.17, 15) is 0 Å². The van der Waals surface area contributed by atoms with Crippen LogP contribution in [0.15, 0.2) is 54.6 Å². The lowest BCUT2D eigenvalue weighted by molar-refractivity contribution is -0.00000467. The molecule has 5 rings (SSSR count). The largest absolute Gasteiger partial charge is 1.00 e. The number of aromatic nitrogens is 1. The summed E-state index contributed by atoms with van der Waals surface area (Å²) in [4.78, 5) is 2.73. The van der Waals surface area contributed by atoms with Gasteiger partial charge >= 0.3 is 0 Å². The van der Waals surface area contributed by atoms with Crippen molar-refractivity contribution in [1.82, 2.24) is 9.47 Å². The molecule has 3 heteroatoms. The first-order valence-electron chi connectivity index (χ1n) is 8.70. The summed E-state index contributed by atoms with van der Waals surface area (Å²) in [6.45, 7) is 2.39. The van der Waals surface area contributed by atoms with E-state index in [1.165, 1.54) is 54.5 Å². The molecule has 1 aromatic heterocycles. The van der Waals surface area contributed by atoms with Crippen molar-refractivity contribution in [1.29, 1.82) is 0 Å². The van der Waals surface area contributed by atoms with E-state index >= 15 is 0 Å². The van der Waals surface area contributed by atoms with Crippen LogP contribution in [0.4, 0.5) is 0 Å². The Morgan fingerprint density at radius 1 is 0.917 bits per heavy atom. The van der Waals surface area contributed by atoms with Gasteiger partial charge in [-0.05, 0) is 43.0 Å². The Balaban J connectivity index is 0.00000146. The minimum absolute atomic E-state index is 0. The number of benzene rings is 2. The third-order valence-corrected chi connectivity index (χ3v) is 5.99. The quantitative estimate of drug-likeness (QED) is 0.645. The summed E-state index contributed by atoms with van der Waals surface area (Å²) in [6.07, 6.45) is 3.69. The van der Waals surface area contributed by atoms with Crippen LogP contribution < -0.4 is 12.4 Å². The molecule has 0 aliphatic carbocycles. The van der Waals surface area contributed by atoms with E-state index in [0.717, 1.165) is 0 Å². The van der Waals surface area contributed by atoms with Crippen LogP contribution in [0.2, 0.25) is 0 Å². The molecule has 124 valence electrons. The fourth-order valence-corrected chi connectivity index (χ4v) is 5.12. The zero-order valence-electron chi connectivity index (χ0n) is 14.0. The number of aryl methyl sites for hydroxylation is 1. The molecule has 0 unspecified atom stereocenters. The zero-order chi connectivity index (χ0) is 15.4. The maximum Gasteiger partial charge on any atom is 0.0872 e. The topological polar surface area (TPSA) is 8.17 Å². The van der Waals surface area contributed by atoms with Gasteiger partial charge in [-0.15, -0.1) is 0 Å². The van der Waals surface area contributed by atoms with Gasteiger partial charge in [0, 0.05) is 30.2 Å². The Kier molecular flexibility index (Phi) is 3.70. The molecule has 1 atom stereocenters. The molecule has 3 heterocycles. The number of rotatable bonds is 1. The molecule has 0 bridgehead atoms. The highest BCUT2D eigenvalue weighted by Gasteiger charge is 2.49. The minimum atomic E-state index is 0. The SMILES string of the molecule is Cn1c2c(c3ccccc31)CCN1CCC[C@]21c1ccccc1.[Cl-]. The first-order valence-corrected chi connectivity index (χ1v) is 8.70. The molecule has 24 heavy (non-hydrogen) atoms. The van der Waals surface area contributed by atoms with Crippen LogP contribution in [0.5, 0.6) is 0 Å². The van der Waals surface area contributed by atoms with Crippen molar-refractivity contribution in [3.05, 3.63) is 71.4 Å². The smallest absolute Gasteiger partial charge is 0.0872 e. The van der Waals surface area contributed by atoms with Crippen LogP contribution in [0.1, 0.15) is 29.7 Å².